The summed E-state index contributed by atoms with van der Waals surface area (Å²) in [4.78, 5) is 15.4. The maximum atomic E-state index is 13.3. The molecular weight excluding hydrogens is 582 g/mol. The number of carbonyl (C=O) groups is 1. The highest BCUT2D eigenvalue weighted by atomic mass is 16.6. The van der Waals surface area contributed by atoms with Crippen molar-refractivity contribution in [3.8, 4) is 0 Å². The van der Waals surface area contributed by atoms with Crippen molar-refractivity contribution in [2.45, 2.75) is 149 Å². The van der Waals surface area contributed by atoms with Gasteiger partial charge in [-0.2, -0.15) is 0 Å². The van der Waals surface area contributed by atoms with Crippen molar-refractivity contribution in [2.75, 3.05) is 33.4 Å². The number of hydrogen-bond acceptors (Lipinski definition) is 8. The molecule has 1 unspecified atom stereocenters. The SMILES string of the molecule is CCO[C@@H]([C@H]1C[C@@H](C)[C@H]2[C@H](O1)[C@H](O)[C@@]1(C)[C@@H]3CCC4C(C)(C)[C@@H](OC(=O)[C@@H]5CN(C)CCO5)CC[C@@]45C[C@@]35CC[C@]21C)C(C)(C)O. The van der Waals surface area contributed by atoms with E-state index in [9.17, 15) is 15.0 Å². The number of hydrogen-bond donors (Lipinski definition) is 2. The smallest absolute Gasteiger partial charge is 0.336 e. The summed E-state index contributed by atoms with van der Waals surface area (Å²) in [5.41, 5.74) is -0.893. The van der Waals surface area contributed by atoms with Gasteiger partial charge in [0.2, 0.25) is 0 Å². The molecule has 14 atom stereocenters. The molecule has 5 aliphatic carbocycles. The zero-order chi connectivity index (χ0) is 33.2. The van der Waals surface area contributed by atoms with Gasteiger partial charge in [-0.25, -0.2) is 4.79 Å². The van der Waals surface area contributed by atoms with Crippen LogP contribution in [0.15, 0.2) is 0 Å². The molecule has 0 radical (unpaired) electrons. The predicted molar refractivity (Wildman–Crippen MR) is 175 cm³/mol. The van der Waals surface area contributed by atoms with Gasteiger partial charge in [-0.05, 0) is 119 Å². The van der Waals surface area contributed by atoms with Crippen molar-refractivity contribution in [3.63, 3.8) is 0 Å². The van der Waals surface area contributed by atoms with E-state index in [1.54, 1.807) is 0 Å². The molecule has 2 N–H and O–H groups in total. The number of rotatable bonds is 6. The molecule has 2 spiro atoms. The van der Waals surface area contributed by atoms with Crippen molar-refractivity contribution in [1.29, 1.82) is 0 Å². The van der Waals surface area contributed by atoms with Crippen LogP contribution in [0.25, 0.3) is 0 Å². The Balaban J connectivity index is 1.13. The van der Waals surface area contributed by atoms with Crippen molar-refractivity contribution in [3.05, 3.63) is 0 Å². The normalized spacial score (nSPS) is 51.9. The van der Waals surface area contributed by atoms with Crippen LogP contribution in [-0.4, -0.2) is 96.7 Å². The maximum Gasteiger partial charge on any atom is 0.336 e. The first-order chi connectivity index (χ1) is 21.5. The van der Waals surface area contributed by atoms with E-state index in [2.05, 4.69) is 39.5 Å². The molecule has 5 saturated carbocycles. The third kappa shape index (κ3) is 4.41. The number of fused-ring (bicyclic) bond motifs is 4. The van der Waals surface area contributed by atoms with Gasteiger partial charge in [-0.15, -0.1) is 0 Å². The molecule has 8 nitrogen and oxygen atoms in total. The van der Waals surface area contributed by atoms with E-state index >= 15 is 0 Å². The standard InChI is InChI=1S/C38H63NO7/c1-10-43-31(34(5,6)42)23-19-22(2)28-29(45-23)30(40)36(8)26-12-11-25-33(3,4)27(46-32(41)24-20-39(9)17-18-44-24)13-14-37(25)21-38(26,37)16-15-35(28,36)7/h22-31,40,42H,10-21H2,1-9H3/t22-,23-,24+,25?,26+,27+,28+,29+,30+,31+,35-,36-,37-,38+/m1/s1. The van der Waals surface area contributed by atoms with Gasteiger partial charge in [-0.3, -0.25) is 0 Å². The zero-order valence-corrected chi connectivity index (χ0v) is 30.1. The first-order valence-corrected chi connectivity index (χ1v) is 18.7. The van der Waals surface area contributed by atoms with Crippen LogP contribution in [0.2, 0.25) is 0 Å². The van der Waals surface area contributed by atoms with Gasteiger partial charge in [0.05, 0.1) is 30.5 Å². The lowest BCUT2D eigenvalue weighted by molar-refractivity contribution is -0.215. The average Bonchev–Trinajstić information content (AvgIpc) is 3.61. The lowest BCUT2D eigenvalue weighted by Crippen LogP contribution is -2.60. The van der Waals surface area contributed by atoms with Gasteiger partial charge in [-0.1, -0.05) is 34.6 Å². The largest absolute Gasteiger partial charge is 0.460 e. The van der Waals surface area contributed by atoms with E-state index in [0.717, 1.165) is 45.1 Å². The van der Waals surface area contributed by atoms with Gasteiger partial charge < -0.3 is 34.1 Å². The fourth-order valence-corrected chi connectivity index (χ4v) is 13.8. The molecule has 7 aliphatic rings. The third-order valence-electron chi connectivity index (χ3n) is 15.9. The van der Waals surface area contributed by atoms with E-state index in [1.165, 1.54) is 12.8 Å². The van der Waals surface area contributed by atoms with Crippen molar-refractivity contribution in [2.24, 2.45) is 50.7 Å². The minimum atomic E-state index is -1.03. The molecule has 0 amide bonds. The van der Waals surface area contributed by atoms with E-state index in [1.807, 2.05) is 27.8 Å². The van der Waals surface area contributed by atoms with Crippen LogP contribution in [-0.2, 0) is 23.7 Å². The minimum Gasteiger partial charge on any atom is -0.460 e. The molecule has 2 aliphatic heterocycles. The Morgan fingerprint density at radius 1 is 1.07 bits per heavy atom. The Bertz CT molecular complexity index is 1200. The van der Waals surface area contributed by atoms with E-state index in [0.29, 0.717) is 37.5 Å². The van der Waals surface area contributed by atoms with Gasteiger partial charge in [0.15, 0.2) is 6.10 Å². The first-order valence-electron chi connectivity index (χ1n) is 18.7. The summed E-state index contributed by atoms with van der Waals surface area (Å²) in [5, 5.41) is 23.6. The summed E-state index contributed by atoms with van der Waals surface area (Å²) in [6, 6.07) is 0. The second-order valence-electron chi connectivity index (χ2n) is 18.6. The summed E-state index contributed by atoms with van der Waals surface area (Å²) in [6.07, 6.45) is 6.62. The predicted octanol–water partition coefficient (Wildman–Crippen LogP) is 5.22. The molecule has 46 heavy (non-hydrogen) atoms. The maximum absolute atomic E-state index is 13.3. The highest BCUT2D eigenvalue weighted by Crippen LogP contribution is 2.89. The fraction of sp³-hybridized carbons (Fsp3) is 0.974. The first kappa shape index (κ1) is 33.7. The number of morpholine rings is 1. The number of likely N-dealkylation sites (N-methyl/N-ethyl adjacent to an activating group) is 1. The number of ether oxygens (including phenoxy) is 4. The number of aliphatic hydroxyl groups excluding tert-OH is 1. The molecule has 262 valence electrons. The van der Waals surface area contributed by atoms with Crippen molar-refractivity contribution < 1.29 is 34.0 Å². The average molecular weight is 646 g/mol. The highest BCUT2D eigenvalue weighted by molar-refractivity contribution is 5.75. The minimum absolute atomic E-state index is 0.0146. The quantitative estimate of drug-likeness (QED) is 0.380. The van der Waals surface area contributed by atoms with Crippen molar-refractivity contribution in [1.82, 2.24) is 4.90 Å². The summed E-state index contributed by atoms with van der Waals surface area (Å²) in [5.74, 6) is 1.41. The summed E-state index contributed by atoms with van der Waals surface area (Å²) < 4.78 is 25.2. The molecule has 8 heteroatoms. The number of aliphatic hydroxyl groups is 2. The lowest BCUT2D eigenvalue weighted by Gasteiger charge is -2.63. The highest BCUT2D eigenvalue weighted by Gasteiger charge is 2.84. The second-order valence-corrected chi connectivity index (χ2v) is 18.6. The van der Waals surface area contributed by atoms with Gasteiger partial charge >= 0.3 is 5.97 Å². The molecule has 2 saturated heterocycles. The molecule has 7 fully saturated rings. The van der Waals surface area contributed by atoms with Crippen molar-refractivity contribution >= 4 is 5.97 Å². The molecule has 0 aromatic carbocycles. The number of carbonyl (C=O) groups excluding carboxylic acids is 1. The third-order valence-corrected chi connectivity index (χ3v) is 15.9. The summed E-state index contributed by atoms with van der Waals surface area (Å²) in [7, 11) is 2.03. The van der Waals surface area contributed by atoms with E-state index in [-0.39, 0.29) is 57.3 Å². The Labute approximate surface area is 277 Å². The molecular formula is C38H63NO7. The fourth-order valence-electron chi connectivity index (χ4n) is 13.8. The summed E-state index contributed by atoms with van der Waals surface area (Å²) >= 11 is 0. The van der Waals surface area contributed by atoms with Gasteiger partial charge in [0, 0.05) is 30.5 Å². The van der Waals surface area contributed by atoms with Crippen LogP contribution in [0.1, 0.15) is 107 Å². The lowest BCUT2D eigenvalue weighted by atomic mass is 9.41. The van der Waals surface area contributed by atoms with Crippen LogP contribution >= 0.6 is 0 Å². The van der Waals surface area contributed by atoms with E-state index < -0.39 is 23.9 Å². The van der Waals surface area contributed by atoms with Crippen LogP contribution < -0.4 is 0 Å². The van der Waals surface area contributed by atoms with Crippen LogP contribution in [0.5, 0.6) is 0 Å². The number of esters is 1. The Hall–Kier alpha value is -0.770. The zero-order valence-electron chi connectivity index (χ0n) is 30.1. The Kier molecular flexibility index (Phi) is 7.96. The molecule has 0 aromatic rings. The molecule has 2 heterocycles. The van der Waals surface area contributed by atoms with Crippen LogP contribution in [0, 0.1) is 50.7 Å². The Morgan fingerprint density at radius 2 is 1.76 bits per heavy atom. The number of nitrogens with zero attached hydrogens (tertiary/aromatic N) is 1. The monoisotopic (exact) mass is 645 g/mol. The Morgan fingerprint density at radius 3 is 2.43 bits per heavy atom. The summed E-state index contributed by atoms with van der Waals surface area (Å²) in [6.45, 7) is 20.1. The van der Waals surface area contributed by atoms with Crippen LogP contribution in [0.4, 0.5) is 0 Å². The van der Waals surface area contributed by atoms with Gasteiger partial charge in [0.1, 0.15) is 12.2 Å². The van der Waals surface area contributed by atoms with Gasteiger partial charge in [0.25, 0.3) is 0 Å². The molecule has 7 rings (SSSR count). The van der Waals surface area contributed by atoms with E-state index in [4.69, 9.17) is 18.9 Å². The molecule has 0 bridgehead atoms. The topological polar surface area (TPSA) is 97.7 Å². The second kappa shape index (κ2) is 10.9. The van der Waals surface area contributed by atoms with Crippen LogP contribution in [0.3, 0.4) is 0 Å². The molecule has 0 aromatic heterocycles.